The molecule has 0 atom stereocenters. The summed E-state index contributed by atoms with van der Waals surface area (Å²) in [5, 5.41) is 0. The second kappa shape index (κ2) is 4.53. The van der Waals surface area contributed by atoms with E-state index in [9.17, 15) is 0 Å². The smallest absolute Gasteiger partial charge is 0.142 e. The van der Waals surface area contributed by atoms with Crippen LogP contribution in [0, 0.1) is 0 Å². The molecule has 1 heterocycles. The van der Waals surface area contributed by atoms with Gasteiger partial charge in [-0.25, -0.2) is 0 Å². The Labute approximate surface area is 93.6 Å². The van der Waals surface area contributed by atoms with Crippen molar-refractivity contribution in [2.45, 2.75) is 0 Å². The Kier molecular flexibility index (Phi) is 2.91. The van der Waals surface area contributed by atoms with Crippen LogP contribution >= 0.6 is 0 Å². The Hall–Kier alpha value is -2.23. The first-order chi connectivity index (χ1) is 7.79. The van der Waals surface area contributed by atoms with Crippen LogP contribution in [0.5, 0.6) is 17.2 Å². The minimum atomic E-state index is 0.550. The Balaban J connectivity index is 2.20. The van der Waals surface area contributed by atoms with Crippen LogP contribution in [0.4, 0.5) is 5.69 Å². The van der Waals surface area contributed by atoms with Crippen molar-refractivity contribution in [1.82, 2.24) is 4.98 Å². The van der Waals surface area contributed by atoms with Crippen LogP contribution in [0.25, 0.3) is 0 Å². The summed E-state index contributed by atoms with van der Waals surface area (Å²) >= 11 is 0. The molecule has 1 aromatic carbocycles. The van der Waals surface area contributed by atoms with Crippen LogP contribution in [0.15, 0.2) is 42.7 Å². The fraction of sp³-hybridized carbons (Fsp3) is 0.0833. The second-order valence-electron chi connectivity index (χ2n) is 3.19. The molecule has 82 valence electrons. The summed E-state index contributed by atoms with van der Waals surface area (Å²) in [4.78, 5) is 3.91. The van der Waals surface area contributed by atoms with Crippen LogP contribution in [0.2, 0.25) is 0 Å². The molecule has 0 unspecified atom stereocenters. The van der Waals surface area contributed by atoms with Crippen molar-refractivity contribution in [3.05, 3.63) is 42.7 Å². The summed E-state index contributed by atoms with van der Waals surface area (Å²) in [6.45, 7) is 0. The van der Waals surface area contributed by atoms with E-state index in [1.54, 1.807) is 49.8 Å². The highest BCUT2D eigenvalue weighted by molar-refractivity contribution is 5.56. The lowest BCUT2D eigenvalue weighted by molar-refractivity contribution is 0.415. The van der Waals surface area contributed by atoms with Crippen molar-refractivity contribution in [2.24, 2.45) is 0 Å². The first-order valence-corrected chi connectivity index (χ1v) is 4.81. The van der Waals surface area contributed by atoms with Gasteiger partial charge < -0.3 is 15.2 Å². The molecule has 0 aliphatic rings. The van der Waals surface area contributed by atoms with Gasteiger partial charge in [-0.05, 0) is 24.3 Å². The standard InChI is InChI=1S/C12H12N2O2/c1-15-12-3-2-10(8-11(12)13)16-9-4-6-14-7-5-9/h2-8H,13H2,1H3. The predicted octanol–water partition coefficient (Wildman–Crippen LogP) is 2.46. The lowest BCUT2D eigenvalue weighted by Gasteiger charge is -2.08. The summed E-state index contributed by atoms with van der Waals surface area (Å²) in [5.74, 6) is 2.03. The molecule has 0 aliphatic heterocycles. The third kappa shape index (κ3) is 2.23. The minimum Gasteiger partial charge on any atom is -0.495 e. The van der Waals surface area contributed by atoms with Crippen molar-refractivity contribution in [3.8, 4) is 17.2 Å². The summed E-state index contributed by atoms with van der Waals surface area (Å²) < 4.78 is 10.6. The van der Waals surface area contributed by atoms with Crippen LogP contribution in [0.1, 0.15) is 0 Å². The monoisotopic (exact) mass is 216 g/mol. The zero-order valence-corrected chi connectivity index (χ0v) is 8.88. The highest BCUT2D eigenvalue weighted by Gasteiger charge is 2.02. The number of aromatic nitrogens is 1. The normalized spacial score (nSPS) is 9.81. The Morgan fingerprint density at radius 2 is 1.81 bits per heavy atom. The predicted molar refractivity (Wildman–Crippen MR) is 61.7 cm³/mol. The average molecular weight is 216 g/mol. The molecule has 0 radical (unpaired) electrons. The van der Waals surface area contributed by atoms with Crippen molar-refractivity contribution >= 4 is 5.69 Å². The zero-order valence-electron chi connectivity index (χ0n) is 8.88. The summed E-state index contributed by atoms with van der Waals surface area (Å²) in [5.41, 5.74) is 6.32. The fourth-order valence-electron chi connectivity index (χ4n) is 1.32. The van der Waals surface area contributed by atoms with E-state index in [1.807, 2.05) is 0 Å². The van der Waals surface area contributed by atoms with Crippen molar-refractivity contribution in [1.29, 1.82) is 0 Å². The van der Waals surface area contributed by atoms with Crippen LogP contribution in [0.3, 0.4) is 0 Å². The second-order valence-corrected chi connectivity index (χ2v) is 3.19. The van der Waals surface area contributed by atoms with Gasteiger partial charge in [-0.1, -0.05) is 0 Å². The van der Waals surface area contributed by atoms with Gasteiger partial charge in [-0.2, -0.15) is 0 Å². The van der Waals surface area contributed by atoms with Crippen LogP contribution in [-0.2, 0) is 0 Å². The molecule has 0 bridgehead atoms. The van der Waals surface area contributed by atoms with E-state index in [4.69, 9.17) is 15.2 Å². The maximum Gasteiger partial charge on any atom is 0.142 e. The van der Waals surface area contributed by atoms with Gasteiger partial charge >= 0.3 is 0 Å². The van der Waals surface area contributed by atoms with E-state index in [0.717, 1.165) is 5.75 Å². The molecule has 0 amide bonds. The number of methoxy groups -OCH3 is 1. The highest BCUT2D eigenvalue weighted by atomic mass is 16.5. The zero-order chi connectivity index (χ0) is 11.4. The number of ether oxygens (including phenoxy) is 2. The summed E-state index contributed by atoms with van der Waals surface area (Å²) in [6.07, 6.45) is 3.34. The SMILES string of the molecule is COc1ccc(Oc2ccncc2)cc1N. The van der Waals surface area contributed by atoms with Gasteiger partial charge in [0.15, 0.2) is 0 Å². The van der Waals surface area contributed by atoms with Crippen molar-refractivity contribution in [3.63, 3.8) is 0 Å². The van der Waals surface area contributed by atoms with Gasteiger partial charge in [0.2, 0.25) is 0 Å². The van der Waals surface area contributed by atoms with Gasteiger partial charge in [0, 0.05) is 18.5 Å². The molecule has 0 saturated heterocycles. The molecule has 2 rings (SSSR count). The maximum absolute atomic E-state index is 5.77. The van der Waals surface area contributed by atoms with E-state index >= 15 is 0 Å². The van der Waals surface area contributed by atoms with E-state index < -0.39 is 0 Å². The average Bonchev–Trinajstić information content (AvgIpc) is 2.31. The summed E-state index contributed by atoms with van der Waals surface area (Å²) in [7, 11) is 1.58. The number of nitrogen functional groups attached to an aromatic ring is 1. The number of pyridine rings is 1. The van der Waals surface area contributed by atoms with Gasteiger partial charge in [0.05, 0.1) is 12.8 Å². The molecular weight excluding hydrogens is 204 g/mol. The van der Waals surface area contributed by atoms with E-state index in [-0.39, 0.29) is 0 Å². The Bertz CT molecular complexity index is 472. The van der Waals surface area contributed by atoms with Crippen LogP contribution in [-0.4, -0.2) is 12.1 Å². The van der Waals surface area contributed by atoms with Crippen LogP contribution < -0.4 is 15.2 Å². The fourth-order valence-corrected chi connectivity index (χ4v) is 1.32. The Morgan fingerprint density at radius 1 is 1.06 bits per heavy atom. The number of nitrogens with zero attached hydrogens (tertiary/aromatic N) is 1. The maximum atomic E-state index is 5.77. The molecule has 0 aliphatic carbocycles. The first kappa shape index (κ1) is 10.3. The van der Waals surface area contributed by atoms with E-state index in [2.05, 4.69) is 4.98 Å². The molecule has 0 fully saturated rings. The van der Waals surface area contributed by atoms with Gasteiger partial charge in [-0.3, -0.25) is 4.98 Å². The molecule has 2 aromatic rings. The third-order valence-corrected chi connectivity index (χ3v) is 2.09. The quantitative estimate of drug-likeness (QED) is 0.801. The van der Waals surface area contributed by atoms with Gasteiger partial charge in [0.25, 0.3) is 0 Å². The Morgan fingerprint density at radius 3 is 2.44 bits per heavy atom. The largest absolute Gasteiger partial charge is 0.495 e. The molecule has 4 nitrogen and oxygen atoms in total. The topological polar surface area (TPSA) is 57.4 Å². The highest BCUT2D eigenvalue weighted by Crippen LogP contribution is 2.28. The molecule has 0 spiro atoms. The molecule has 4 heteroatoms. The third-order valence-electron chi connectivity index (χ3n) is 2.09. The van der Waals surface area contributed by atoms with E-state index in [0.29, 0.717) is 17.2 Å². The van der Waals surface area contributed by atoms with Gasteiger partial charge in [-0.15, -0.1) is 0 Å². The molecule has 0 saturated carbocycles. The van der Waals surface area contributed by atoms with E-state index in [1.165, 1.54) is 0 Å². The summed E-state index contributed by atoms with van der Waals surface area (Å²) in [6, 6.07) is 8.85. The number of nitrogens with two attached hydrogens (primary N) is 1. The molecule has 16 heavy (non-hydrogen) atoms. The molecule has 1 aromatic heterocycles. The lowest BCUT2D eigenvalue weighted by atomic mass is 10.3. The number of rotatable bonds is 3. The number of hydrogen-bond donors (Lipinski definition) is 1. The number of anilines is 1. The lowest BCUT2D eigenvalue weighted by Crippen LogP contribution is -1.93. The van der Waals surface area contributed by atoms with Crippen molar-refractivity contribution in [2.75, 3.05) is 12.8 Å². The van der Waals surface area contributed by atoms with Crippen molar-refractivity contribution < 1.29 is 9.47 Å². The minimum absolute atomic E-state index is 0.550. The first-order valence-electron chi connectivity index (χ1n) is 4.81. The molecular formula is C12H12N2O2. The number of benzene rings is 1. The van der Waals surface area contributed by atoms with Gasteiger partial charge in [0.1, 0.15) is 17.2 Å². The molecule has 2 N–H and O–H groups in total. The number of hydrogen-bond acceptors (Lipinski definition) is 4.